The molecule has 0 saturated carbocycles. The Bertz CT molecular complexity index is 850. The van der Waals surface area contributed by atoms with Gasteiger partial charge in [0.15, 0.2) is 0 Å². The van der Waals surface area contributed by atoms with Gasteiger partial charge in [-0.15, -0.1) is 0 Å². The monoisotopic (exact) mass is 348 g/mol. The number of nitrogens with one attached hydrogen (secondary N) is 2. The molecule has 2 N–H and O–H groups in total. The number of hydrogen-bond donors (Lipinski definition) is 2. The molecule has 2 aromatic carbocycles. The number of anilines is 2. The van der Waals surface area contributed by atoms with Crippen LogP contribution in [0.1, 0.15) is 19.4 Å². The number of methoxy groups -OCH3 is 1. The fourth-order valence-electron chi connectivity index (χ4n) is 2.68. The van der Waals surface area contributed by atoms with Crippen LogP contribution in [0.2, 0.25) is 0 Å². The molecular formula is C21H24N4O. The van der Waals surface area contributed by atoms with Crippen LogP contribution in [-0.4, -0.2) is 23.1 Å². The molecule has 0 fully saturated rings. The molecule has 0 aliphatic carbocycles. The van der Waals surface area contributed by atoms with Gasteiger partial charge in [-0.05, 0) is 19.9 Å². The molecule has 0 amide bonds. The number of rotatable bonds is 7. The molecule has 3 rings (SSSR count). The summed E-state index contributed by atoms with van der Waals surface area (Å²) in [5.41, 5.74) is 3.00. The summed E-state index contributed by atoms with van der Waals surface area (Å²) in [6, 6.07) is 20.3. The van der Waals surface area contributed by atoms with Crippen LogP contribution >= 0.6 is 0 Å². The molecule has 5 heteroatoms. The Kier molecular flexibility index (Phi) is 5.69. The Morgan fingerprint density at radius 3 is 2.42 bits per heavy atom. The molecule has 26 heavy (non-hydrogen) atoms. The molecule has 0 atom stereocenters. The predicted octanol–water partition coefficient (Wildman–Crippen LogP) is 4.58. The van der Waals surface area contributed by atoms with Gasteiger partial charge < -0.3 is 15.4 Å². The number of nitrogens with zero attached hydrogens (tertiary/aromatic N) is 2. The summed E-state index contributed by atoms with van der Waals surface area (Å²) < 4.78 is 5.41. The zero-order chi connectivity index (χ0) is 18.4. The second kappa shape index (κ2) is 8.34. The highest BCUT2D eigenvalue weighted by molar-refractivity contribution is 5.64. The van der Waals surface area contributed by atoms with Gasteiger partial charge in [0.2, 0.25) is 5.95 Å². The number of ether oxygens (including phenoxy) is 1. The summed E-state index contributed by atoms with van der Waals surface area (Å²) in [4.78, 5) is 9.27. The second-order valence-corrected chi connectivity index (χ2v) is 6.29. The van der Waals surface area contributed by atoms with Gasteiger partial charge in [0.05, 0.1) is 12.8 Å². The molecule has 0 aliphatic rings. The summed E-state index contributed by atoms with van der Waals surface area (Å²) in [6.45, 7) is 4.77. The highest BCUT2D eigenvalue weighted by Gasteiger charge is 2.09. The van der Waals surface area contributed by atoms with Crippen LogP contribution in [0.5, 0.6) is 5.75 Å². The van der Waals surface area contributed by atoms with Crippen LogP contribution in [0, 0.1) is 0 Å². The van der Waals surface area contributed by atoms with E-state index < -0.39 is 0 Å². The Morgan fingerprint density at radius 2 is 1.69 bits per heavy atom. The topological polar surface area (TPSA) is 59.1 Å². The van der Waals surface area contributed by atoms with E-state index in [1.165, 1.54) is 0 Å². The summed E-state index contributed by atoms with van der Waals surface area (Å²) in [7, 11) is 1.68. The quantitative estimate of drug-likeness (QED) is 0.654. The van der Waals surface area contributed by atoms with Crippen molar-refractivity contribution in [2.75, 3.05) is 17.7 Å². The molecule has 0 saturated heterocycles. The van der Waals surface area contributed by atoms with Gasteiger partial charge >= 0.3 is 0 Å². The minimum atomic E-state index is 0.288. The smallest absolute Gasteiger partial charge is 0.225 e. The second-order valence-electron chi connectivity index (χ2n) is 6.29. The van der Waals surface area contributed by atoms with Crippen molar-refractivity contribution in [3.63, 3.8) is 0 Å². The van der Waals surface area contributed by atoms with Crippen molar-refractivity contribution in [2.24, 2.45) is 0 Å². The maximum atomic E-state index is 5.41. The molecule has 0 bridgehead atoms. The van der Waals surface area contributed by atoms with Crippen molar-refractivity contribution in [3.05, 3.63) is 66.2 Å². The molecule has 3 aromatic rings. The van der Waals surface area contributed by atoms with Gasteiger partial charge in [0.25, 0.3) is 0 Å². The van der Waals surface area contributed by atoms with E-state index in [1.54, 1.807) is 7.11 Å². The van der Waals surface area contributed by atoms with Gasteiger partial charge in [0.1, 0.15) is 11.6 Å². The first-order valence-corrected chi connectivity index (χ1v) is 8.72. The zero-order valence-corrected chi connectivity index (χ0v) is 15.4. The van der Waals surface area contributed by atoms with Gasteiger partial charge in [-0.2, -0.15) is 4.98 Å². The lowest BCUT2D eigenvalue weighted by Gasteiger charge is -2.14. The van der Waals surface area contributed by atoms with Crippen LogP contribution in [0.15, 0.2) is 60.7 Å². The van der Waals surface area contributed by atoms with Crippen molar-refractivity contribution in [2.45, 2.75) is 26.4 Å². The molecule has 0 unspecified atom stereocenters. The van der Waals surface area contributed by atoms with Crippen molar-refractivity contribution >= 4 is 11.8 Å². The molecule has 1 aromatic heterocycles. The number of aromatic nitrogens is 2. The summed E-state index contributed by atoms with van der Waals surface area (Å²) in [6.07, 6.45) is 0. The Balaban J connectivity index is 1.88. The van der Waals surface area contributed by atoms with Gasteiger partial charge in [-0.3, -0.25) is 0 Å². The van der Waals surface area contributed by atoms with E-state index in [2.05, 4.69) is 34.4 Å². The highest BCUT2D eigenvalue weighted by atomic mass is 16.5. The van der Waals surface area contributed by atoms with Crippen molar-refractivity contribution in [1.29, 1.82) is 0 Å². The van der Waals surface area contributed by atoms with E-state index in [0.29, 0.717) is 12.5 Å². The first-order valence-electron chi connectivity index (χ1n) is 8.72. The average molecular weight is 348 g/mol. The van der Waals surface area contributed by atoms with Gasteiger partial charge in [-0.1, -0.05) is 48.5 Å². The van der Waals surface area contributed by atoms with Crippen LogP contribution in [0.4, 0.5) is 11.8 Å². The van der Waals surface area contributed by atoms with Crippen molar-refractivity contribution in [3.8, 4) is 17.0 Å². The minimum absolute atomic E-state index is 0.288. The van der Waals surface area contributed by atoms with E-state index in [9.17, 15) is 0 Å². The third kappa shape index (κ3) is 4.51. The standard InChI is InChI=1S/C21H24N4O/c1-15(2)23-20-13-18(16-9-5-4-6-10-16)24-21(25-20)22-14-17-11-7-8-12-19(17)26-3/h4-13,15H,14H2,1-3H3,(H2,22,23,24,25). The first-order chi connectivity index (χ1) is 12.7. The van der Waals surface area contributed by atoms with E-state index in [0.717, 1.165) is 28.4 Å². The third-order valence-electron chi connectivity index (χ3n) is 3.86. The van der Waals surface area contributed by atoms with E-state index in [1.807, 2.05) is 60.7 Å². The fraction of sp³-hybridized carbons (Fsp3) is 0.238. The van der Waals surface area contributed by atoms with Gasteiger partial charge in [0, 0.05) is 29.8 Å². The largest absolute Gasteiger partial charge is 0.496 e. The van der Waals surface area contributed by atoms with E-state index in [4.69, 9.17) is 4.74 Å². The Morgan fingerprint density at radius 1 is 0.962 bits per heavy atom. The number of para-hydroxylation sites is 1. The van der Waals surface area contributed by atoms with Crippen LogP contribution in [0.3, 0.4) is 0 Å². The Hall–Kier alpha value is -3.08. The lowest BCUT2D eigenvalue weighted by atomic mass is 10.1. The normalized spacial score (nSPS) is 10.6. The lowest BCUT2D eigenvalue weighted by molar-refractivity contribution is 0.410. The Labute approximate surface area is 154 Å². The average Bonchev–Trinajstić information content (AvgIpc) is 2.66. The maximum Gasteiger partial charge on any atom is 0.225 e. The predicted molar refractivity (Wildman–Crippen MR) is 107 cm³/mol. The molecule has 5 nitrogen and oxygen atoms in total. The number of hydrogen-bond acceptors (Lipinski definition) is 5. The zero-order valence-electron chi connectivity index (χ0n) is 15.4. The SMILES string of the molecule is COc1ccccc1CNc1nc(NC(C)C)cc(-c2ccccc2)n1. The summed E-state index contributed by atoms with van der Waals surface area (Å²) in [5, 5.41) is 6.68. The first kappa shape index (κ1) is 17.7. The molecule has 0 spiro atoms. The summed E-state index contributed by atoms with van der Waals surface area (Å²) in [5.74, 6) is 2.23. The van der Waals surface area contributed by atoms with E-state index in [-0.39, 0.29) is 6.04 Å². The number of benzene rings is 2. The molecular weight excluding hydrogens is 324 g/mol. The lowest BCUT2D eigenvalue weighted by Crippen LogP contribution is -2.13. The van der Waals surface area contributed by atoms with Gasteiger partial charge in [-0.25, -0.2) is 4.98 Å². The molecule has 134 valence electrons. The van der Waals surface area contributed by atoms with Crippen LogP contribution in [0.25, 0.3) is 11.3 Å². The van der Waals surface area contributed by atoms with Crippen molar-refractivity contribution in [1.82, 2.24) is 9.97 Å². The van der Waals surface area contributed by atoms with E-state index >= 15 is 0 Å². The van der Waals surface area contributed by atoms with Crippen LogP contribution in [-0.2, 0) is 6.54 Å². The fourth-order valence-corrected chi connectivity index (χ4v) is 2.68. The minimum Gasteiger partial charge on any atom is -0.496 e. The highest BCUT2D eigenvalue weighted by Crippen LogP contribution is 2.23. The van der Waals surface area contributed by atoms with Crippen LogP contribution < -0.4 is 15.4 Å². The molecule has 0 aliphatic heterocycles. The molecule has 1 heterocycles. The molecule has 0 radical (unpaired) electrons. The summed E-state index contributed by atoms with van der Waals surface area (Å²) >= 11 is 0. The van der Waals surface area contributed by atoms with Crippen molar-refractivity contribution < 1.29 is 4.74 Å². The third-order valence-corrected chi connectivity index (χ3v) is 3.86. The maximum absolute atomic E-state index is 5.41.